The zero-order valence-electron chi connectivity index (χ0n) is 27.0. The van der Waals surface area contributed by atoms with E-state index < -0.39 is 11.8 Å². The molecule has 2 aliphatic rings. The van der Waals surface area contributed by atoms with E-state index in [2.05, 4.69) is 56.3 Å². The van der Waals surface area contributed by atoms with E-state index in [-0.39, 0.29) is 7.53 Å². The molecule has 3 aromatic carbocycles. The van der Waals surface area contributed by atoms with E-state index in [0.29, 0.717) is 30.4 Å². The van der Waals surface area contributed by atoms with Crippen molar-refractivity contribution in [2.75, 3.05) is 13.2 Å². The summed E-state index contributed by atoms with van der Waals surface area (Å²) in [6.07, 6.45) is 8.95. The van der Waals surface area contributed by atoms with Crippen molar-refractivity contribution < 1.29 is 20.4 Å². The van der Waals surface area contributed by atoms with Gasteiger partial charge in [0.05, 0.1) is 24.4 Å². The predicted octanol–water partition coefficient (Wildman–Crippen LogP) is 10.1. The maximum absolute atomic E-state index is 12.8. The number of benzene rings is 3. The summed E-state index contributed by atoms with van der Waals surface area (Å²) in [7, 11) is 0. The SMILES string of the molecule is C/C(=C\c1cccc(-c2ccc(OC3CCOCC3)c(C#N)c2)c1C)c1ccc(C(C)(C)O)cc1.CC1CCCCCC1F.[HH]. The molecule has 2 atom stereocenters. The van der Waals surface area contributed by atoms with Crippen molar-refractivity contribution in [3.8, 4) is 22.9 Å². The lowest BCUT2D eigenvalue weighted by atomic mass is 9.92. The molecule has 4 nitrogen and oxygen atoms in total. The highest BCUT2D eigenvalue weighted by molar-refractivity contribution is 5.84. The second kappa shape index (κ2) is 15.5. The lowest BCUT2D eigenvalue weighted by Gasteiger charge is -2.24. The molecule has 0 radical (unpaired) electrons. The Labute approximate surface area is 265 Å². The lowest BCUT2D eigenvalue weighted by Crippen LogP contribution is -2.26. The van der Waals surface area contributed by atoms with Crippen molar-refractivity contribution >= 4 is 11.6 Å². The summed E-state index contributed by atoms with van der Waals surface area (Å²) in [6, 6.07) is 22.5. The van der Waals surface area contributed by atoms with E-state index >= 15 is 0 Å². The van der Waals surface area contributed by atoms with Crippen molar-refractivity contribution in [1.29, 1.82) is 5.26 Å². The fourth-order valence-corrected chi connectivity index (χ4v) is 5.89. The first-order valence-corrected chi connectivity index (χ1v) is 16.1. The minimum absolute atomic E-state index is 0. The largest absolute Gasteiger partial charge is 0.489 e. The van der Waals surface area contributed by atoms with Gasteiger partial charge in [-0.1, -0.05) is 80.8 Å². The maximum atomic E-state index is 12.8. The number of rotatable bonds is 6. The Hall–Kier alpha value is -3.46. The van der Waals surface area contributed by atoms with E-state index in [1.54, 1.807) is 13.8 Å². The molecule has 0 aromatic heterocycles. The molecule has 44 heavy (non-hydrogen) atoms. The Morgan fingerprint density at radius 3 is 2.41 bits per heavy atom. The smallest absolute Gasteiger partial charge is 0.137 e. The van der Waals surface area contributed by atoms with Crippen LogP contribution in [0.25, 0.3) is 22.8 Å². The van der Waals surface area contributed by atoms with Gasteiger partial charge >= 0.3 is 0 Å². The normalized spacial score (nSPS) is 19.7. The zero-order valence-corrected chi connectivity index (χ0v) is 27.0. The number of hydrogen-bond acceptors (Lipinski definition) is 4. The van der Waals surface area contributed by atoms with E-state index in [1.807, 2.05) is 37.3 Å². The van der Waals surface area contributed by atoms with Gasteiger partial charge in [0.25, 0.3) is 0 Å². The van der Waals surface area contributed by atoms with Gasteiger partial charge in [-0.2, -0.15) is 5.26 Å². The summed E-state index contributed by atoms with van der Waals surface area (Å²) in [5.41, 5.74) is 7.24. The Bertz CT molecular complexity index is 1440. The lowest BCUT2D eigenvalue weighted by molar-refractivity contribution is 0.0254. The molecule has 2 unspecified atom stereocenters. The number of nitrogens with zero attached hydrogens (tertiary/aromatic N) is 1. The van der Waals surface area contributed by atoms with Crippen LogP contribution in [0.5, 0.6) is 5.75 Å². The number of halogens is 1. The molecule has 0 spiro atoms. The summed E-state index contributed by atoms with van der Waals surface area (Å²) < 4.78 is 24.4. The molecule has 3 aromatic rings. The Morgan fingerprint density at radius 2 is 1.73 bits per heavy atom. The number of alkyl halides is 1. The molecule has 0 amide bonds. The summed E-state index contributed by atoms with van der Waals surface area (Å²) in [5, 5.41) is 20.0. The number of ether oxygens (including phenoxy) is 2. The number of aliphatic hydroxyl groups is 1. The van der Waals surface area contributed by atoms with Gasteiger partial charge < -0.3 is 14.6 Å². The molecule has 1 aliphatic heterocycles. The van der Waals surface area contributed by atoms with Crippen molar-refractivity contribution in [2.45, 2.75) is 97.4 Å². The van der Waals surface area contributed by atoms with Gasteiger partial charge in [0.1, 0.15) is 24.1 Å². The molecular weight excluding hydrogens is 549 g/mol. The van der Waals surface area contributed by atoms with Crippen molar-refractivity contribution in [3.05, 3.63) is 88.5 Å². The highest BCUT2D eigenvalue weighted by Gasteiger charge is 2.19. The predicted molar refractivity (Wildman–Crippen MR) is 180 cm³/mol. The summed E-state index contributed by atoms with van der Waals surface area (Å²) in [5.74, 6) is 0.967. The number of allylic oxidation sites excluding steroid dienone is 1. The third-order valence-electron chi connectivity index (χ3n) is 8.92. The average Bonchev–Trinajstić information content (AvgIpc) is 3.21. The van der Waals surface area contributed by atoms with Gasteiger partial charge in [0.2, 0.25) is 0 Å². The molecule has 0 bridgehead atoms. The zero-order chi connectivity index (χ0) is 31.7. The molecule has 1 heterocycles. The van der Waals surface area contributed by atoms with Crippen molar-refractivity contribution in [1.82, 2.24) is 0 Å². The Morgan fingerprint density at radius 1 is 1.02 bits per heavy atom. The van der Waals surface area contributed by atoms with Gasteiger partial charge in [0, 0.05) is 14.3 Å². The first-order valence-electron chi connectivity index (χ1n) is 16.1. The van der Waals surface area contributed by atoms with Crippen molar-refractivity contribution in [3.63, 3.8) is 0 Å². The first kappa shape index (κ1) is 33.4. The molecule has 5 rings (SSSR count). The van der Waals surface area contributed by atoms with Crippen LogP contribution in [-0.4, -0.2) is 30.6 Å². The van der Waals surface area contributed by atoms with Gasteiger partial charge in [-0.15, -0.1) is 0 Å². The second-order valence-electron chi connectivity index (χ2n) is 12.9. The van der Waals surface area contributed by atoms with Crippen LogP contribution in [0.3, 0.4) is 0 Å². The monoisotopic (exact) mass is 599 g/mol. The van der Waals surface area contributed by atoms with E-state index in [1.165, 1.54) is 12.8 Å². The Balaban J connectivity index is 0.000000476. The van der Waals surface area contributed by atoms with Crippen LogP contribution >= 0.6 is 0 Å². The standard InChI is InChI=1S/C31H33NO3.C8H15F.H2/c1-21(23-8-11-27(12-9-23)31(3,4)33)18-24-6-5-7-29(22(24)2)25-10-13-30(26(19-25)20-32)35-28-14-16-34-17-15-28;1-7-5-3-2-4-6-8(7)9;/h5-13,18-19,28,33H,14-17H2,1-4H3;7-8H,2-6H2,1H3;1H/b21-18+;;. The minimum Gasteiger partial charge on any atom is -0.489 e. The van der Waals surface area contributed by atoms with E-state index in [0.717, 1.165) is 71.1 Å². The van der Waals surface area contributed by atoms with Crippen molar-refractivity contribution in [2.24, 2.45) is 5.92 Å². The molecule has 1 saturated carbocycles. The van der Waals surface area contributed by atoms with Gasteiger partial charge in [-0.05, 0) is 97.5 Å². The maximum Gasteiger partial charge on any atom is 0.137 e. The highest BCUT2D eigenvalue weighted by Crippen LogP contribution is 2.33. The first-order chi connectivity index (χ1) is 21.1. The third-order valence-corrected chi connectivity index (χ3v) is 8.92. The molecule has 2 fully saturated rings. The van der Waals surface area contributed by atoms with Crippen LogP contribution in [0.4, 0.5) is 4.39 Å². The van der Waals surface area contributed by atoms with E-state index in [4.69, 9.17) is 9.47 Å². The van der Waals surface area contributed by atoms with E-state index in [9.17, 15) is 14.8 Å². The van der Waals surface area contributed by atoms with Crippen LogP contribution in [0, 0.1) is 24.2 Å². The number of hydrogen-bond donors (Lipinski definition) is 1. The van der Waals surface area contributed by atoms with Gasteiger partial charge in [-0.3, -0.25) is 0 Å². The number of nitriles is 1. The molecule has 1 aliphatic carbocycles. The van der Waals surface area contributed by atoms with Crippen LogP contribution in [0.1, 0.15) is 102 Å². The van der Waals surface area contributed by atoms with Crippen LogP contribution < -0.4 is 4.74 Å². The van der Waals surface area contributed by atoms with Gasteiger partial charge in [0.15, 0.2) is 0 Å². The minimum atomic E-state index is -0.852. The van der Waals surface area contributed by atoms with Crippen LogP contribution in [-0.2, 0) is 10.3 Å². The second-order valence-corrected chi connectivity index (χ2v) is 12.9. The Kier molecular flexibility index (Phi) is 11.8. The topological polar surface area (TPSA) is 62.5 Å². The quantitative estimate of drug-likeness (QED) is 0.226. The third kappa shape index (κ3) is 9.03. The molecule has 1 saturated heterocycles. The van der Waals surface area contributed by atoms with Gasteiger partial charge in [-0.25, -0.2) is 4.39 Å². The summed E-state index contributed by atoms with van der Waals surface area (Å²) in [4.78, 5) is 0. The summed E-state index contributed by atoms with van der Waals surface area (Å²) in [6.45, 7) is 11.2. The van der Waals surface area contributed by atoms with Crippen LogP contribution in [0.15, 0.2) is 60.7 Å². The summed E-state index contributed by atoms with van der Waals surface area (Å²) >= 11 is 0. The molecule has 1 N–H and O–H groups in total. The molecule has 5 heteroatoms. The fraction of sp³-hybridized carbons (Fsp3) is 0.462. The van der Waals surface area contributed by atoms with Crippen LogP contribution in [0.2, 0.25) is 0 Å². The fourth-order valence-electron chi connectivity index (χ4n) is 5.89. The average molecular weight is 600 g/mol. The molecular formula is C39H50FNO3. The molecule has 236 valence electrons. The highest BCUT2D eigenvalue weighted by atomic mass is 19.1.